The number of hydrogen-bond acceptors (Lipinski definition) is 0. The van der Waals surface area contributed by atoms with E-state index in [-0.39, 0.29) is 0 Å². The predicted molar refractivity (Wildman–Crippen MR) is 78.5 cm³/mol. The fourth-order valence-electron chi connectivity index (χ4n) is 5.90. The molecule has 0 heterocycles. The second-order valence-corrected chi connectivity index (χ2v) is 8.82. The molecule has 0 amide bonds. The maximum absolute atomic E-state index is 2.64. The molecule has 0 heteroatoms. The van der Waals surface area contributed by atoms with Gasteiger partial charge < -0.3 is 0 Å². The van der Waals surface area contributed by atoms with E-state index >= 15 is 0 Å². The molecule has 104 valence electrons. The van der Waals surface area contributed by atoms with Gasteiger partial charge in [-0.25, -0.2) is 0 Å². The van der Waals surface area contributed by atoms with Crippen LogP contribution in [0.3, 0.4) is 0 Å². The average Bonchev–Trinajstić information content (AvgIpc) is 2.28. The number of rotatable bonds is 0. The Morgan fingerprint density at radius 3 is 2.22 bits per heavy atom. The molecule has 0 radical (unpaired) electrons. The quantitative estimate of drug-likeness (QED) is 0.518. The minimum Gasteiger partial charge on any atom is -0.0625 e. The Morgan fingerprint density at radius 1 is 0.722 bits per heavy atom. The summed E-state index contributed by atoms with van der Waals surface area (Å²) >= 11 is 0. The van der Waals surface area contributed by atoms with Crippen molar-refractivity contribution in [3.05, 3.63) is 0 Å². The standard InChI is InChI=1S/C18H32/c1-13-5-6-15-11-18(4)10-14(2)7-8-17(18,3)12-16(15)9-13/h13-16H,5-12H2,1-4H3. The largest absolute Gasteiger partial charge is 0.0625 e. The zero-order valence-electron chi connectivity index (χ0n) is 13.0. The molecule has 3 fully saturated rings. The first-order chi connectivity index (χ1) is 8.42. The molecule has 3 aliphatic carbocycles. The Morgan fingerprint density at radius 2 is 1.44 bits per heavy atom. The van der Waals surface area contributed by atoms with Gasteiger partial charge in [0.25, 0.3) is 0 Å². The van der Waals surface area contributed by atoms with Crippen molar-refractivity contribution in [1.82, 2.24) is 0 Å². The molecule has 0 N–H and O–H groups in total. The van der Waals surface area contributed by atoms with Gasteiger partial charge >= 0.3 is 0 Å². The van der Waals surface area contributed by atoms with Crippen LogP contribution < -0.4 is 0 Å². The van der Waals surface area contributed by atoms with Gasteiger partial charge in [-0.2, -0.15) is 0 Å². The monoisotopic (exact) mass is 248 g/mol. The van der Waals surface area contributed by atoms with E-state index < -0.39 is 0 Å². The molecule has 3 aliphatic rings. The van der Waals surface area contributed by atoms with Crippen molar-refractivity contribution in [2.75, 3.05) is 0 Å². The van der Waals surface area contributed by atoms with Crippen molar-refractivity contribution in [3.63, 3.8) is 0 Å². The van der Waals surface area contributed by atoms with E-state index in [4.69, 9.17) is 0 Å². The summed E-state index contributed by atoms with van der Waals surface area (Å²) in [6.45, 7) is 10.2. The lowest BCUT2D eigenvalue weighted by molar-refractivity contribution is -0.103. The molecule has 18 heavy (non-hydrogen) atoms. The van der Waals surface area contributed by atoms with E-state index in [0.717, 1.165) is 23.7 Å². The van der Waals surface area contributed by atoms with Crippen LogP contribution in [0.4, 0.5) is 0 Å². The third kappa shape index (κ3) is 1.95. The van der Waals surface area contributed by atoms with Crippen molar-refractivity contribution >= 4 is 0 Å². The Kier molecular flexibility index (Phi) is 3.07. The summed E-state index contributed by atoms with van der Waals surface area (Å²) in [6, 6.07) is 0. The summed E-state index contributed by atoms with van der Waals surface area (Å²) in [6.07, 6.45) is 12.2. The second kappa shape index (κ2) is 4.25. The molecule has 0 aromatic heterocycles. The second-order valence-electron chi connectivity index (χ2n) is 8.82. The van der Waals surface area contributed by atoms with Gasteiger partial charge in [0.2, 0.25) is 0 Å². The molecule has 0 aromatic rings. The highest BCUT2D eigenvalue weighted by Gasteiger charge is 2.54. The van der Waals surface area contributed by atoms with Crippen LogP contribution in [0.15, 0.2) is 0 Å². The first kappa shape index (κ1) is 13.0. The smallest absolute Gasteiger partial charge is 0.0267 e. The van der Waals surface area contributed by atoms with Crippen LogP contribution in [0.1, 0.15) is 79.1 Å². The van der Waals surface area contributed by atoms with Crippen LogP contribution in [0.25, 0.3) is 0 Å². The molecule has 0 bridgehead atoms. The fraction of sp³-hybridized carbons (Fsp3) is 1.00. The summed E-state index contributed by atoms with van der Waals surface area (Å²) in [7, 11) is 0. The Hall–Kier alpha value is 0. The SMILES string of the molecule is CC1CCC2CC3(C)CC(C)CCC3(C)CC2C1. The van der Waals surface area contributed by atoms with Gasteiger partial charge in [-0.3, -0.25) is 0 Å². The van der Waals surface area contributed by atoms with Gasteiger partial charge in [-0.05, 0) is 73.0 Å². The molecule has 0 spiro atoms. The van der Waals surface area contributed by atoms with Gasteiger partial charge in [0.05, 0.1) is 0 Å². The summed E-state index contributed by atoms with van der Waals surface area (Å²) in [5.41, 5.74) is 1.32. The molecule has 6 unspecified atom stereocenters. The van der Waals surface area contributed by atoms with E-state index in [1.165, 1.54) is 38.5 Å². The van der Waals surface area contributed by atoms with Gasteiger partial charge in [-0.1, -0.05) is 40.5 Å². The Labute approximate surface area is 114 Å². The van der Waals surface area contributed by atoms with E-state index in [2.05, 4.69) is 27.7 Å². The van der Waals surface area contributed by atoms with Crippen molar-refractivity contribution in [2.24, 2.45) is 34.5 Å². The predicted octanol–water partition coefficient (Wildman–Crippen LogP) is 5.67. The highest BCUT2D eigenvalue weighted by molar-refractivity contribution is 5.04. The third-order valence-corrected chi connectivity index (χ3v) is 7.27. The summed E-state index contributed by atoms with van der Waals surface area (Å²) in [5.74, 6) is 4.12. The molecular weight excluding hydrogens is 216 g/mol. The summed E-state index contributed by atoms with van der Waals surface area (Å²) < 4.78 is 0. The fourth-order valence-corrected chi connectivity index (χ4v) is 5.90. The van der Waals surface area contributed by atoms with Crippen LogP contribution in [0.2, 0.25) is 0 Å². The number of fused-ring (bicyclic) bond motifs is 2. The summed E-state index contributed by atoms with van der Waals surface area (Å²) in [5, 5.41) is 0. The zero-order chi connectivity index (χ0) is 13.0. The third-order valence-electron chi connectivity index (χ3n) is 7.27. The Balaban J connectivity index is 1.82. The van der Waals surface area contributed by atoms with Gasteiger partial charge in [0.15, 0.2) is 0 Å². The molecule has 0 aromatic carbocycles. The highest BCUT2D eigenvalue weighted by atomic mass is 14.6. The minimum absolute atomic E-state index is 0.659. The van der Waals surface area contributed by atoms with Crippen LogP contribution in [-0.2, 0) is 0 Å². The van der Waals surface area contributed by atoms with Crippen LogP contribution in [0.5, 0.6) is 0 Å². The van der Waals surface area contributed by atoms with Crippen molar-refractivity contribution in [3.8, 4) is 0 Å². The zero-order valence-corrected chi connectivity index (χ0v) is 13.0. The van der Waals surface area contributed by atoms with Crippen molar-refractivity contribution < 1.29 is 0 Å². The highest BCUT2D eigenvalue weighted by Crippen LogP contribution is 2.64. The maximum atomic E-state index is 2.64. The summed E-state index contributed by atoms with van der Waals surface area (Å²) in [4.78, 5) is 0. The molecular formula is C18H32. The lowest BCUT2D eigenvalue weighted by atomic mass is 9.45. The van der Waals surface area contributed by atoms with Crippen LogP contribution in [0, 0.1) is 34.5 Å². The number of hydrogen-bond donors (Lipinski definition) is 0. The van der Waals surface area contributed by atoms with E-state index in [0.29, 0.717) is 10.8 Å². The molecule has 3 saturated carbocycles. The van der Waals surface area contributed by atoms with E-state index in [9.17, 15) is 0 Å². The van der Waals surface area contributed by atoms with Crippen LogP contribution >= 0.6 is 0 Å². The van der Waals surface area contributed by atoms with Crippen molar-refractivity contribution in [1.29, 1.82) is 0 Å². The van der Waals surface area contributed by atoms with E-state index in [1.807, 2.05) is 0 Å². The Bertz CT molecular complexity index is 320. The lowest BCUT2D eigenvalue weighted by Crippen LogP contribution is -2.51. The van der Waals surface area contributed by atoms with Crippen LogP contribution in [-0.4, -0.2) is 0 Å². The minimum atomic E-state index is 0.659. The first-order valence-electron chi connectivity index (χ1n) is 8.42. The van der Waals surface area contributed by atoms with E-state index in [1.54, 1.807) is 12.8 Å². The van der Waals surface area contributed by atoms with Crippen molar-refractivity contribution in [2.45, 2.75) is 79.1 Å². The average molecular weight is 248 g/mol. The lowest BCUT2D eigenvalue weighted by Gasteiger charge is -2.60. The molecule has 3 rings (SSSR count). The normalized spacial score (nSPS) is 56.7. The van der Waals surface area contributed by atoms with Gasteiger partial charge in [0, 0.05) is 0 Å². The first-order valence-corrected chi connectivity index (χ1v) is 8.42. The molecule has 6 atom stereocenters. The van der Waals surface area contributed by atoms with Gasteiger partial charge in [0.1, 0.15) is 0 Å². The van der Waals surface area contributed by atoms with Gasteiger partial charge in [-0.15, -0.1) is 0 Å². The molecule has 0 aliphatic heterocycles. The topological polar surface area (TPSA) is 0 Å². The molecule has 0 nitrogen and oxygen atoms in total. The molecule has 0 saturated heterocycles. The maximum Gasteiger partial charge on any atom is -0.0267 e.